The fraction of sp³-hybridized carbons (Fsp3) is 0.467. The highest BCUT2D eigenvalue weighted by Crippen LogP contribution is 2.28. The topological polar surface area (TPSA) is 75.2 Å². The quantitative estimate of drug-likeness (QED) is 0.841. The third-order valence-corrected chi connectivity index (χ3v) is 3.37. The summed E-state index contributed by atoms with van der Waals surface area (Å²) >= 11 is 0. The molecule has 0 bridgehead atoms. The van der Waals surface area contributed by atoms with Gasteiger partial charge in [-0.3, -0.25) is 0 Å². The molecule has 0 aliphatic rings. The monoisotopic (exact) mass is 290 g/mol. The van der Waals surface area contributed by atoms with Crippen LogP contribution in [0.1, 0.15) is 30.3 Å². The summed E-state index contributed by atoms with van der Waals surface area (Å²) in [5.74, 6) is 1.44. The van der Waals surface area contributed by atoms with Crippen LogP contribution in [-0.2, 0) is 19.5 Å². The van der Waals surface area contributed by atoms with Crippen molar-refractivity contribution < 1.29 is 9.47 Å². The summed E-state index contributed by atoms with van der Waals surface area (Å²) in [6.07, 6.45) is 1.73. The Kier molecular flexibility index (Phi) is 5.16. The van der Waals surface area contributed by atoms with Crippen molar-refractivity contribution in [2.45, 2.75) is 32.9 Å². The maximum Gasteiger partial charge on any atom is 0.160 e. The summed E-state index contributed by atoms with van der Waals surface area (Å²) in [6, 6.07) is 5.90. The van der Waals surface area contributed by atoms with Crippen molar-refractivity contribution in [3.05, 3.63) is 35.2 Å². The van der Waals surface area contributed by atoms with Crippen LogP contribution in [0.3, 0.4) is 0 Å². The van der Waals surface area contributed by atoms with Crippen molar-refractivity contribution in [1.82, 2.24) is 15.0 Å². The standard InChI is InChI=1S/C15H22N4O2/c1-4-7-19-13(12(10-16)17-18-19)8-11-5-6-14(20-2)15(9-11)21-3/h5-6,9H,4,7-8,10,16H2,1-3H3. The molecule has 0 fully saturated rings. The fourth-order valence-electron chi connectivity index (χ4n) is 2.30. The van der Waals surface area contributed by atoms with Crippen LogP contribution in [0.2, 0.25) is 0 Å². The first-order valence-electron chi connectivity index (χ1n) is 7.05. The Hall–Kier alpha value is -2.08. The van der Waals surface area contributed by atoms with Crippen LogP contribution < -0.4 is 15.2 Å². The van der Waals surface area contributed by atoms with Crippen LogP contribution in [0.5, 0.6) is 11.5 Å². The molecule has 21 heavy (non-hydrogen) atoms. The molecule has 2 N–H and O–H groups in total. The zero-order valence-electron chi connectivity index (χ0n) is 12.8. The van der Waals surface area contributed by atoms with Gasteiger partial charge >= 0.3 is 0 Å². The number of methoxy groups -OCH3 is 2. The second kappa shape index (κ2) is 7.08. The minimum Gasteiger partial charge on any atom is -0.493 e. The van der Waals surface area contributed by atoms with E-state index < -0.39 is 0 Å². The highest BCUT2D eigenvalue weighted by atomic mass is 16.5. The van der Waals surface area contributed by atoms with Gasteiger partial charge in [0.05, 0.1) is 25.6 Å². The third kappa shape index (κ3) is 3.33. The zero-order valence-corrected chi connectivity index (χ0v) is 12.8. The largest absolute Gasteiger partial charge is 0.493 e. The van der Waals surface area contributed by atoms with Gasteiger partial charge in [0.1, 0.15) is 0 Å². The highest BCUT2D eigenvalue weighted by molar-refractivity contribution is 5.44. The number of aromatic nitrogens is 3. The average Bonchev–Trinajstić information content (AvgIpc) is 2.89. The summed E-state index contributed by atoms with van der Waals surface area (Å²) < 4.78 is 12.5. The lowest BCUT2D eigenvalue weighted by molar-refractivity contribution is 0.354. The van der Waals surface area contributed by atoms with Crippen molar-refractivity contribution in [2.75, 3.05) is 14.2 Å². The van der Waals surface area contributed by atoms with Gasteiger partial charge in [-0.25, -0.2) is 4.68 Å². The lowest BCUT2D eigenvalue weighted by Crippen LogP contribution is -2.08. The summed E-state index contributed by atoms with van der Waals surface area (Å²) in [5, 5.41) is 8.34. The minimum atomic E-state index is 0.395. The molecule has 0 saturated heterocycles. The number of benzene rings is 1. The lowest BCUT2D eigenvalue weighted by atomic mass is 10.1. The summed E-state index contributed by atoms with van der Waals surface area (Å²) in [5.41, 5.74) is 8.78. The SMILES string of the molecule is CCCn1nnc(CN)c1Cc1ccc(OC)c(OC)c1. The Morgan fingerprint density at radius 3 is 2.57 bits per heavy atom. The van der Waals surface area contributed by atoms with Crippen molar-refractivity contribution in [3.8, 4) is 11.5 Å². The molecule has 0 atom stereocenters. The molecule has 0 unspecified atom stereocenters. The molecule has 1 aromatic carbocycles. The Bertz CT molecular complexity index is 595. The second-order valence-electron chi connectivity index (χ2n) is 4.78. The lowest BCUT2D eigenvalue weighted by Gasteiger charge is -2.11. The maximum absolute atomic E-state index is 5.75. The molecule has 114 valence electrons. The molecule has 6 nitrogen and oxygen atoms in total. The first kappa shape index (κ1) is 15.3. The number of ether oxygens (including phenoxy) is 2. The molecule has 0 aliphatic carbocycles. The van der Waals surface area contributed by atoms with Crippen LogP contribution in [0, 0.1) is 0 Å². The molecule has 0 radical (unpaired) electrons. The van der Waals surface area contributed by atoms with Gasteiger partial charge in [-0.15, -0.1) is 5.10 Å². The minimum absolute atomic E-state index is 0.395. The van der Waals surface area contributed by atoms with E-state index in [4.69, 9.17) is 15.2 Å². The number of hydrogen-bond acceptors (Lipinski definition) is 5. The summed E-state index contributed by atoms with van der Waals surface area (Å²) in [6.45, 7) is 3.35. The second-order valence-corrected chi connectivity index (χ2v) is 4.78. The van der Waals surface area contributed by atoms with Crippen LogP contribution in [-0.4, -0.2) is 29.2 Å². The first-order chi connectivity index (χ1) is 10.2. The van der Waals surface area contributed by atoms with E-state index in [0.717, 1.165) is 47.8 Å². The van der Waals surface area contributed by atoms with E-state index in [9.17, 15) is 0 Å². The van der Waals surface area contributed by atoms with E-state index in [1.54, 1.807) is 14.2 Å². The van der Waals surface area contributed by atoms with Gasteiger partial charge in [0.2, 0.25) is 0 Å². The Morgan fingerprint density at radius 2 is 1.95 bits per heavy atom. The van der Waals surface area contributed by atoms with Gasteiger partial charge in [0.15, 0.2) is 11.5 Å². The Morgan fingerprint density at radius 1 is 1.19 bits per heavy atom. The molecule has 2 aromatic rings. The summed E-state index contributed by atoms with van der Waals surface area (Å²) in [7, 11) is 3.26. The van der Waals surface area contributed by atoms with Crippen LogP contribution >= 0.6 is 0 Å². The van der Waals surface area contributed by atoms with Crippen LogP contribution in [0.4, 0.5) is 0 Å². The summed E-state index contributed by atoms with van der Waals surface area (Å²) in [4.78, 5) is 0. The van der Waals surface area contributed by atoms with Gasteiger partial charge in [-0.05, 0) is 24.1 Å². The van der Waals surface area contributed by atoms with Crippen molar-refractivity contribution >= 4 is 0 Å². The van der Waals surface area contributed by atoms with E-state index in [1.807, 2.05) is 22.9 Å². The number of aryl methyl sites for hydroxylation is 1. The molecule has 1 aromatic heterocycles. The Balaban J connectivity index is 2.31. The van der Waals surface area contributed by atoms with Crippen LogP contribution in [0.25, 0.3) is 0 Å². The van der Waals surface area contributed by atoms with E-state index in [0.29, 0.717) is 6.54 Å². The fourth-order valence-corrected chi connectivity index (χ4v) is 2.30. The predicted octanol–water partition coefficient (Wildman–Crippen LogP) is 1.75. The molecule has 0 spiro atoms. The number of nitrogens with two attached hydrogens (primary N) is 1. The molecular formula is C15H22N4O2. The van der Waals surface area contributed by atoms with Crippen molar-refractivity contribution in [1.29, 1.82) is 0 Å². The molecule has 2 rings (SSSR count). The highest BCUT2D eigenvalue weighted by Gasteiger charge is 2.13. The van der Waals surface area contributed by atoms with E-state index in [-0.39, 0.29) is 0 Å². The first-order valence-corrected chi connectivity index (χ1v) is 7.05. The maximum atomic E-state index is 5.75. The van der Waals surface area contributed by atoms with Gasteiger partial charge in [-0.2, -0.15) is 0 Å². The van der Waals surface area contributed by atoms with E-state index in [1.165, 1.54) is 0 Å². The molecular weight excluding hydrogens is 268 g/mol. The molecule has 6 heteroatoms. The number of nitrogens with zero attached hydrogens (tertiary/aromatic N) is 3. The van der Waals surface area contributed by atoms with E-state index >= 15 is 0 Å². The average molecular weight is 290 g/mol. The predicted molar refractivity (Wildman–Crippen MR) is 80.6 cm³/mol. The molecule has 1 heterocycles. The van der Waals surface area contributed by atoms with E-state index in [2.05, 4.69) is 17.2 Å². The normalized spacial score (nSPS) is 10.7. The third-order valence-electron chi connectivity index (χ3n) is 3.37. The van der Waals surface area contributed by atoms with Gasteiger partial charge in [0, 0.05) is 19.5 Å². The zero-order chi connectivity index (χ0) is 15.2. The molecule has 0 amide bonds. The smallest absolute Gasteiger partial charge is 0.160 e. The van der Waals surface area contributed by atoms with Gasteiger partial charge in [-0.1, -0.05) is 18.2 Å². The van der Waals surface area contributed by atoms with Crippen LogP contribution in [0.15, 0.2) is 18.2 Å². The number of hydrogen-bond donors (Lipinski definition) is 1. The molecule has 0 aliphatic heterocycles. The Labute approximate surface area is 124 Å². The molecule has 0 saturated carbocycles. The van der Waals surface area contributed by atoms with Crippen molar-refractivity contribution in [2.24, 2.45) is 5.73 Å². The van der Waals surface area contributed by atoms with Crippen molar-refractivity contribution in [3.63, 3.8) is 0 Å². The van der Waals surface area contributed by atoms with Gasteiger partial charge < -0.3 is 15.2 Å². The number of rotatable bonds is 7. The van der Waals surface area contributed by atoms with Gasteiger partial charge in [0.25, 0.3) is 0 Å².